The van der Waals surface area contributed by atoms with Crippen LogP contribution in [0, 0.1) is 6.92 Å². The van der Waals surface area contributed by atoms with Gasteiger partial charge in [0.1, 0.15) is 5.52 Å². The quantitative estimate of drug-likeness (QED) is 0.119. The number of unbranched alkanes of at least 4 members (excludes halogenated alkanes) is 1. The van der Waals surface area contributed by atoms with Gasteiger partial charge in [-0.2, -0.15) is 0 Å². The lowest BCUT2D eigenvalue weighted by Gasteiger charge is -2.10. The summed E-state index contributed by atoms with van der Waals surface area (Å²) in [7, 11) is 3.23. The van der Waals surface area contributed by atoms with Gasteiger partial charge < -0.3 is 19.4 Å². The maximum Gasteiger partial charge on any atom is 0.220 e. The zero-order chi connectivity index (χ0) is 29.5. The number of methoxy groups -OCH3 is 2. The molecular weight excluding hydrogens is 570 g/mol. The number of benzene rings is 3. The van der Waals surface area contributed by atoms with Crippen LogP contribution in [0.5, 0.6) is 11.5 Å². The van der Waals surface area contributed by atoms with Crippen molar-refractivity contribution in [1.29, 1.82) is 0 Å². The van der Waals surface area contributed by atoms with Crippen molar-refractivity contribution < 1.29 is 14.3 Å². The molecule has 0 saturated carbocycles. The number of thioether (sulfide) groups is 1. The maximum atomic E-state index is 12.3. The van der Waals surface area contributed by atoms with Crippen molar-refractivity contribution in [3.8, 4) is 11.5 Å². The van der Waals surface area contributed by atoms with Gasteiger partial charge in [0.25, 0.3) is 0 Å². The van der Waals surface area contributed by atoms with E-state index in [4.69, 9.17) is 26.1 Å². The number of nitrogens with zero attached hydrogens (tertiary/aromatic N) is 4. The first-order chi connectivity index (χ1) is 20.4. The van der Waals surface area contributed by atoms with E-state index in [0.717, 1.165) is 63.8 Å². The standard InChI is InChI=1S/C32H34ClN5O3S/c1-21-10-12-26-25(17-21)30-31(38(26)20-23-7-6-8-24(33)18-23)35-32(37-36-30)42-16-5-4-9-29(39)34-15-14-22-11-13-27(40-2)28(19-22)41-3/h6-8,10-13,17-19H,4-5,9,14-16,20H2,1-3H3,(H,34,39). The average Bonchev–Trinajstić information content (AvgIpc) is 3.28. The predicted molar refractivity (Wildman–Crippen MR) is 169 cm³/mol. The molecule has 2 aromatic heterocycles. The van der Waals surface area contributed by atoms with Crippen LogP contribution in [0.4, 0.5) is 0 Å². The van der Waals surface area contributed by atoms with Gasteiger partial charge in [-0.25, -0.2) is 4.98 Å². The Morgan fingerprint density at radius 2 is 1.83 bits per heavy atom. The molecule has 10 heteroatoms. The monoisotopic (exact) mass is 603 g/mol. The summed E-state index contributed by atoms with van der Waals surface area (Å²) in [6.07, 6.45) is 2.87. The van der Waals surface area contributed by atoms with E-state index in [2.05, 4.69) is 51.3 Å². The number of hydrogen-bond donors (Lipinski definition) is 1. The highest BCUT2D eigenvalue weighted by Gasteiger charge is 2.16. The molecule has 0 bridgehead atoms. The van der Waals surface area contributed by atoms with Crippen LogP contribution < -0.4 is 14.8 Å². The van der Waals surface area contributed by atoms with E-state index in [1.165, 1.54) is 0 Å². The van der Waals surface area contributed by atoms with Crippen molar-refractivity contribution in [2.75, 3.05) is 26.5 Å². The van der Waals surface area contributed by atoms with Crippen molar-refractivity contribution in [3.05, 3.63) is 82.4 Å². The fourth-order valence-electron chi connectivity index (χ4n) is 4.92. The third-order valence-corrected chi connectivity index (χ3v) is 8.20. The summed E-state index contributed by atoms with van der Waals surface area (Å²) >= 11 is 7.82. The van der Waals surface area contributed by atoms with Gasteiger partial charge in [0.05, 0.1) is 19.7 Å². The lowest BCUT2D eigenvalue weighted by Crippen LogP contribution is -2.25. The largest absolute Gasteiger partial charge is 0.493 e. The molecule has 8 nitrogen and oxygen atoms in total. The highest BCUT2D eigenvalue weighted by atomic mass is 35.5. The molecule has 1 N–H and O–H groups in total. The summed E-state index contributed by atoms with van der Waals surface area (Å²) < 4.78 is 12.8. The highest BCUT2D eigenvalue weighted by Crippen LogP contribution is 2.30. The lowest BCUT2D eigenvalue weighted by molar-refractivity contribution is -0.121. The molecular formula is C32H34ClN5O3S. The summed E-state index contributed by atoms with van der Waals surface area (Å²) in [5.41, 5.74) is 6.01. The Morgan fingerprint density at radius 1 is 0.976 bits per heavy atom. The van der Waals surface area contributed by atoms with Gasteiger partial charge in [-0.1, -0.05) is 53.2 Å². The molecule has 1 amide bonds. The van der Waals surface area contributed by atoms with Crippen LogP contribution >= 0.6 is 23.4 Å². The fraction of sp³-hybridized carbons (Fsp3) is 0.312. The molecule has 2 heterocycles. The van der Waals surface area contributed by atoms with Gasteiger partial charge in [-0.05, 0) is 73.7 Å². The summed E-state index contributed by atoms with van der Waals surface area (Å²) in [4.78, 5) is 17.3. The number of halogens is 1. The Kier molecular flexibility index (Phi) is 9.81. The average molecular weight is 604 g/mol. The van der Waals surface area contributed by atoms with E-state index < -0.39 is 0 Å². The lowest BCUT2D eigenvalue weighted by atomic mass is 10.1. The fourth-order valence-corrected chi connectivity index (χ4v) is 5.91. The number of aromatic nitrogens is 4. The first-order valence-corrected chi connectivity index (χ1v) is 15.3. The van der Waals surface area contributed by atoms with E-state index in [-0.39, 0.29) is 5.91 Å². The molecule has 0 aliphatic heterocycles. The van der Waals surface area contributed by atoms with Crippen LogP contribution in [-0.2, 0) is 17.8 Å². The van der Waals surface area contributed by atoms with Gasteiger partial charge in [0.15, 0.2) is 17.1 Å². The summed E-state index contributed by atoms with van der Waals surface area (Å²) in [6, 6.07) is 20.0. The number of aryl methyl sites for hydroxylation is 1. The molecule has 0 unspecified atom stereocenters. The zero-order valence-corrected chi connectivity index (χ0v) is 25.6. The molecule has 0 aliphatic rings. The van der Waals surface area contributed by atoms with Crippen molar-refractivity contribution in [2.45, 2.75) is 44.3 Å². The molecule has 5 rings (SSSR count). The number of nitrogens with one attached hydrogen (secondary N) is 1. The van der Waals surface area contributed by atoms with E-state index in [0.29, 0.717) is 41.2 Å². The SMILES string of the molecule is COc1ccc(CCNC(=O)CCCCSc2nnc3c4cc(C)ccc4n(Cc4cccc(Cl)c4)c3n2)cc1OC. The smallest absolute Gasteiger partial charge is 0.220 e. The normalized spacial score (nSPS) is 11.2. The van der Waals surface area contributed by atoms with Crippen LogP contribution in [0.3, 0.4) is 0 Å². The van der Waals surface area contributed by atoms with E-state index in [1.54, 1.807) is 26.0 Å². The second kappa shape index (κ2) is 13.9. The van der Waals surface area contributed by atoms with Gasteiger partial charge in [-0.3, -0.25) is 4.79 Å². The zero-order valence-electron chi connectivity index (χ0n) is 24.0. The van der Waals surface area contributed by atoms with E-state index >= 15 is 0 Å². The second-order valence-corrected chi connectivity index (χ2v) is 11.6. The van der Waals surface area contributed by atoms with Crippen LogP contribution in [-0.4, -0.2) is 52.2 Å². The Labute approximate surface area is 254 Å². The molecule has 42 heavy (non-hydrogen) atoms. The van der Waals surface area contributed by atoms with Gasteiger partial charge >= 0.3 is 0 Å². The summed E-state index contributed by atoms with van der Waals surface area (Å²) in [5.74, 6) is 2.24. The van der Waals surface area contributed by atoms with Crippen LogP contribution in [0.25, 0.3) is 22.1 Å². The number of rotatable bonds is 13. The van der Waals surface area contributed by atoms with Gasteiger partial charge in [-0.15, -0.1) is 10.2 Å². The molecule has 0 fully saturated rings. The molecule has 218 valence electrons. The Bertz CT molecular complexity index is 1710. The highest BCUT2D eigenvalue weighted by molar-refractivity contribution is 7.99. The molecule has 0 spiro atoms. The Balaban J connectivity index is 1.14. The summed E-state index contributed by atoms with van der Waals surface area (Å²) in [6.45, 7) is 3.28. The van der Waals surface area contributed by atoms with Crippen LogP contribution in [0.15, 0.2) is 65.8 Å². The van der Waals surface area contributed by atoms with E-state index in [1.807, 2.05) is 36.4 Å². The molecule has 5 aromatic rings. The number of amides is 1. The number of hydrogen-bond acceptors (Lipinski definition) is 7. The van der Waals surface area contributed by atoms with Crippen LogP contribution in [0.1, 0.15) is 36.0 Å². The Hall–Kier alpha value is -3.82. The Morgan fingerprint density at radius 3 is 2.64 bits per heavy atom. The van der Waals surface area contributed by atoms with Gasteiger partial charge in [0.2, 0.25) is 11.1 Å². The first-order valence-electron chi connectivity index (χ1n) is 13.9. The van der Waals surface area contributed by atoms with Crippen molar-refractivity contribution in [2.24, 2.45) is 0 Å². The first kappa shape index (κ1) is 29.7. The topological polar surface area (TPSA) is 91.2 Å². The molecule has 3 aromatic carbocycles. The third-order valence-electron chi connectivity index (χ3n) is 7.05. The van der Waals surface area contributed by atoms with Crippen molar-refractivity contribution in [1.82, 2.24) is 25.1 Å². The second-order valence-electron chi connectivity index (χ2n) is 10.1. The minimum Gasteiger partial charge on any atom is -0.493 e. The summed E-state index contributed by atoms with van der Waals surface area (Å²) in [5, 5.41) is 14.4. The molecule has 0 saturated heterocycles. The third kappa shape index (κ3) is 7.14. The molecule has 0 aliphatic carbocycles. The molecule has 0 radical (unpaired) electrons. The maximum absolute atomic E-state index is 12.3. The van der Waals surface area contributed by atoms with Crippen molar-refractivity contribution >= 4 is 51.3 Å². The molecule has 0 atom stereocenters. The number of ether oxygens (including phenoxy) is 2. The minimum absolute atomic E-state index is 0.0561. The van der Waals surface area contributed by atoms with Gasteiger partial charge in [0, 0.05) is 35.7 Å². The predicted octanol–water partition coefficient (Wildman–Crippen LogP) is 6.63. The van der Waals surface area contributed by atoms with Crippen molar-refractivity contribution in [3.63, 3.8) is 0 Å². The minimum atomic E-state index is 0.0561. The number of carbonyl (C=O) groups excluding carboxylic acids is 1. The number of carbonyl (C=O) groups is 1. The van der Waals surface area contributed by atoms with E-state index in [9.17, 15) is 4.79 Å². The number of fused-ring (bicyclic) bond motifs is 3. The van der Waals surface area contributed by atoms with Crippen LogP contribution in [0.2, 0.25) is 5.02 Å².